The number of fused-ring (bicyclic) bond motifs is 1. The monoisotopic (exact) mass is 233 g/mol. The van der Waals surface area contributed by atoms with Crippen LogP contribution < -0.4 is 4.90 Å². The van der Waals surface area contributed by atoms with E-state index in [0.717, 1.165) is 34.5 Å². The van der Waals surface area contributed by atoms with Gasteiger partial charge >= 0.3 is 0 Å². The molecule has 0 amide bonds. The molecule has 0 aliphatic heterocycles. The van der Waals surface area contributed by atoms with Crippen LogP contribution >= 0.6 is 12.2 Å². The second kappa shape index (κ2) is 4.66. The van der Waals surface area contributed by atoms with Crippen LogP contribution in [0.4, 0.5) is 5.88 Å². The molecule has 0 N–H and O–H groups in total. The summed E-state index contributed by atoms with van der Waals surface area (Å²) in [6, 6.07) is 9.83. The fraction of sp³-hybridized carbons (Fsp3) is 0.308. The molecule has 2 rings (SSSR count). The molecule has 0 saturated heterocycles. The lowest BCUT2D eigenvalue weighted by molar-refractivity contribution is 0.579. The van der Waals surface area contributed by atoms with Crippen molar-refractivity contribution in [3.05, 3.63) is 34.8 Å². The summed E-state index contributed by atoms with van der Waals surface area (Å²) in [4.78, 5) is 2.15. The van der Waals surface area contributed by atoms with Crippen LogP contribution in [0.25, 0.3) is 11.0 Å². The van der Waals surface area contributed by atoms with Gasteiger partial charge in [-0.15, -0.1) is 0 Å². The van der Waals surface area contributed by atoms with Crippen LogP contribution in [0.15, 0.2) is 34.7 Å². The summed E-state index contributed by atoms with van der Waals surface area (Å²) in [7, 11) is 0. The molecule has 84 valence electrons. The van der Waals surface area contributed by atoms with Crippen LogP contribution in [0.3, 0.4) is 0 Å². The van der Waals surface area contributed by atoms with Gasteiger partial charge in [0.1, 0.15) is 5.58 Å². The second-order valence-corrected chi connectivity index (χ2v) is 4.06. The number of anilines is 1. The minimum atomic E-state index is 0.851. The van der Waals surface area contributed by atoms with E-state index >= 15 is 0 Å². The van der Waals surface area contributed by atoms with Crippen LogP contribution in [0.5, 0.6) is 0 Å². The third-order valence-electron chi connectivity index (χ3n) is 2.70. The number of rotatable bonds is 3. The summed E-state index contributed by atoms with van der Waals surface area (Å²) < 4.78 is 6.70. The third kappa shape index (κ3) is 1.95. The molecule has 2 aromatic rings. The first-order valence-corrected chi connectivity index (χ1v) is 5.95. The van der Waals surface area contributed by atoms with E-state index in [0.29, 0.717) is 0 Å². The van der Waals surface area contributed by atoms with E-state index in [-0.39, 0.29) is 0 Å². The van der Waals surface area contributed by atoms with Crippen LogP contribution in [-0.2, 0) is 0 Å². The molecule has 0 bridgehead atoms. The quantitative estimate of drug-likeness (QED) is 0.745. The highest BCUT2D eigenvalue weighted by Crippen LogP contribution is 2.23. The zero-order valence-corrected chi connectivity index (χ0v) is 10.4. The van der Waals surface area contributed by atoms with Gasteiger partial charge in [0.25, 0.3) is 0 Å². The van der Waals surface area contributed by atoms with Gasteiger partial charge in [-0.2, -0.15) is 0 Å². The molecule has 1 heterocycles. The van der Waals surface area contributed by atoms with E-state index in [9.17, 15) is 0 Å². The molecular weight excluding hydrogens is 218 g/mol. The maximum absolute atomic E-state index is 5.85. The highest BCUT2D eigenvalue weighted by Gasteiger charge is 2.06. The Kier molecular flexibility index (Phi) is 3.25. The van der Waals surface area contributed by atoms with Crippen molar-refractivity contribution in [2.45, 2.75) is 13.8 Å². The van der Waals surface area contributed by atoms with E-state index < -0.39 is 0 Å². The zero-order chi connectivity index (χ0) is 11.5. The second-order valence-electron chi connectivity index (χ2n) is 3.62. The summed E-state index contributed by atoms with van der Waals surface area (Å²) in [6.45, 7) is 6.06. The third-order valence-corrected chi connectivity index (χ3v) is 3.03. The standard InChI is InChI=1S/C13H15NOS/c1-3-14(4-2)13-9-12(16)10-7-5-6-8-11(10)15-13/h5-9H,3-4H2,1-2H3. The molecule has 0 saturated carbocycles. The maximum atomic E-state index is 5.85. The normalized spacial score (nSPS) is 10.6. The van der Waals surface area contributed by atoms with Crippen molar-refractivity contribution in [1.29, 1.82) is 0 Å². The summed E-state index contributed by atoms with van der Waals surface area (Å²) in [5, 5.41) is 1.01. The Morgan fingerprint density at radius 2 is 1.88 bits per heavy atom. The lowest BCUT2D eigenvalue weighted by Crippen LogP contribution is -2.21. The Hall–Kier alpha value is -1.35. The molecule has 1 aromatic carbocycles. The van der Waals surface area contributed by atoms with Crippen LogP contribution in [0.2, 0.25) is 0 Å². The molecule has 16 heavy (non-hydrogen) atoms. The van der Waals surface area contributed by atoms with Gasteiger partial charge in [-0.25, -0.2) is 0 Å². The highest BCUT2D eigenvalue weighted by atomic mass is 32.1. The number of hydrogen-bond donors (Lipinski definition) is 0. The van der Waals surface area contributed by atoms with Gasteiger partial charge in [-0.3, -0.25) is 0 Å². The molecule has 0 atom stereocenters. The van der Waals surface area contributed by atoms with Crippen molar-refractivity contribution in [3.8, 4) is 0 Å². The van der Waals surface area contributed by atoms with E-state index in [1.54, 1.807) is 0 Å². The highest BCUT2D eigenvalue weighted by molar-refractivity contribution is 7.71. The van der Waals surface area contributed by atoms with Crippen molar-refractivity contribution in [1.82, 2.24) is 0 Å². The van der Waals surface area contributed by atoms with Crippen molar-refractivity contribution >= 4 is 29.1 Å². The van der Waals surface area contributed by atoms with E-state index in [1.165, 1.54) is 0 Å². The van der Waals surface area contributed by atoms with Gasteiger partial charge in [0.2, 0.25) is 0 Å². The summed E-state index contributed by atoms with van der Waals surface area (Å²) in [5.74, 6) is 0.855. The number of hydrogen-bond acceptors (Lipinski definition) is 3. The Bertz CT molecular complexity index is 543. The molecule has 2 nitrogen and oxygen atoms in total. The number of benzene rings is 1. The molecule has 1 aromatic heterocycles. The average Bonchev–Trinajstić information content (AvgIpc) is 2.31. The lowest BCUT2D eigenvalue weighted by atomic mass is 10.2. The first kappa shape index (κ1) is 11.1. The molecule has 3 heteroatoms. The molecule has 0 unspecified atom stereocenters. The molecule has 0 radical (unpaired) electrons. The van der Waals surface area contributed by atoms with Crippen LogP contribution in [-0.4, -0.2) is 13.1 Å². The van der Waals surface area contributed by atoms with E-state index in [2.05, 4.69) is 18.7 Å². The van der Waals surface area contributed by atoms with Crippen molar-refractivity contribution in [2.75, 3.05) is 18.0 Å². The summed E-state index contributed by atoms with van der Waals surface area (Å²) in [5.41, 5.74) is 0.858. The van der Waals surface area contributed by atoms with E-state index in [1.807, 2.05) is 30.3 Å². The Morgan fingerprint density at radius 1 is 1.19 bits per heavy atom. The van der Waals surface area contributed by atoms with E-state index in [4.69, 9.17) is 16.6 Å². The summed E-state index contributed by atoms with van der Waals surface area (Å²) >= 11 is 5.37. The molecule has 0 fully saturated rings. The van der Waals surface area contributed by atoms with Gasteiger partial charge in [-0.1, -0.05) is 24.4 Å². The fourth-order valence-electron chi connectivity index (χ4n) is 1.78. The molecule has 0 spiro atoms. The topological polar surface area (TPSA) is 16.4 Å². The minimum absolute atomic E-state index is 0.851. The van der Waals surface area contributed by atoms with Crippen LogP contribution in [0.1, 0.15) is 13.8 Å². The van der Waals surface area contributed by atoms with Gasteiger partial charge in [0.15, 0.2) is 5.88 Å². The average molecular weight is 233 g/mol. The van der Waals surface area contributed by atoms with Gasteiger partial charge in [0.05, 0.1) is 4.51 Å². The number of para-hydroxylation sites is 1. The SMILES string of the molecule is CCN(CC)c1cc(=S)c2ccccc2o1. The predicted octanol–water partition coefficient (Wildman–Crippen LogP) is 4.01. The van der Waals surface area contributed by atoms with Crippen molar-refractivity contribution < 1.29 is 4.42 Å². The molecule has 0 aliphatic rings. The van der Waals surface area contributed by atoms with Crippen molar-refractivity contribution in [2.24, 2.45) is 0 Å². The number of nitrogens with zero attached hydrogens (tertiary/aromatic N) is 1. The van der Waals surface area contributed by atoms with Gasteiger partial charge in [-0.05, 0) is 26.0 Å². The Labute approximate surface area is 100 Å². The predicted molar refractivity (Wildman–Crippen MR) is 70.6 cm³/mol. The summed E-state index contributed by atoms with van der Waals surface area (Å²) in [6.07, 6.45) is 0. The molecular formula is C13H15NOS. The Morgan fingerprint density at radius 3 is 2.56 bits per heavy atom. The first-order chi connectivity index (χ1) is 7.76. The largest absolute Gasteiger partial charge is 0.440 e. The zero-order valence-electron chi connectivity index (χ0n) is 9.56. The van der Waals surface area contributed by atoms with Crippen molar-refractivity contribution in [3.63, 3.8) is 0 Å². The van der Waals surface area contributed by atoms with Crippen LogP contribution in [0, 0.1) is 4.51 Å². The minimum Gasteiger partial charge on any atom is -0.440 e. The van der Waals surface area contributed by atoms with Gasteiger partial charge in [0, 0.05) is 24.5 Å². The maximum Gasteiger partial charge on any atom is 0.197 e. The smallest absolute Gasteiger partial charge is 0.197 e. The molecule has 0 aliphatic carbocycles. The first-order valence-electron chi connectivity index (χ1n) is 5.54. The fourth-order valence-corrected chi connectivity index (χ4v) is 2.05. The lowest BCUT2D eigenvalue weighted by Gasteiger charge is -2.19. The van der Waals surface area contributed by atoms with Gasteiger partial charge < -0.3 is 9.32 Å². The Balaban J connectivity index is 2.62.